The minimum atomic E-state index is -0.320. The number of nitrogens with one attached hydrogen (secondary N) is 1. The highest BCUT2D eigenvalue weighted by Gasteiger charge is 2.07. The summed E-state index contributed by atoms with van der Waals surface area (Å²) in [5, 5.41) is 11.6. The fourth-order valence-corrected chi connectivity index (χ4v) is 1.27. The standard InChI is InChI=1S/C13H15NO4/c1-3-6-14-13(16)9-18-12-7-11(17-2)5-4-10(12)8-15/h1,4-5,7,15H,6,8-9H2,2H3,(H,14,16). The first-order valence-corrected chi connectivity index (χ1v) is 5.32. The first kappa shape index (κ1) is 13.9. The van der Waals surface area contributed by atoms with Gasteiger partial charge in [-0.05, 0) is 12.1 Å². The largest absolute Gasteiger partial charge is 0.497 e. The van der Waals surface area contributed by atoms with Crippen molar-refractivity contribution < 1.29 is 19.4 Å². The van der Waals surface area contributed by atoms with E-state index in [1.165, 1.54) is 7.11 Å². The molecule has 0 aliphatic carbocycles. The minimum Gasteiger partial charge on any atom is -0.497 e. The third-order valence-electron chi connectivity index (χ3n) is 2.19. The van der Waals surface area contributed by atoms with Gasteiger partial charge < -0.3 is 19.9 Å². The number of carbonyl (C=O) groups is 1. The predicted octanol–water partition coefficient (Wildman–Crippen LogP) is 0.316. The van der Waals surface area contributed by atoms with Crippen LogP contribution in [0.2, 0.25) is 0 Å². The van der Waals surface area contributed by atoms with Crippen LogP contribution in [-0.2, 0) is 11.4 Å². The number of rotatable bonds is 6. The van der Waals surface area contributed by atoms with Crippen molar-refractivity contribution in [1.82, 2.24) is 5.32 Å². The number of methoxy groups -OCH3 is 1. The molecule has 5 nitrogen and oxygen atoms in total. The quantitative estimate of drug-likeness (QED) is 0.712. The van der Waals surface area contributed by atoms with Crippen molar-refractivity contribution in [3.05, 3.63) is 23.8 Å². The molecule has 0 aromatic heterocycles. The van der Waals surface area contributed by atoms with Crippen molar-refractivity contribution in [2.75, 3.05) is 20.3 Å². The molecule has 0 spiro atoms. The average molecular weight is 249 g/mol. The number of hydrogen-bond donors (Lipinski definition) is 2. The number of benzene rings is 1. The number of aliphatic hydroxyl groups is 1. The lowest BCUT2D eigenvalue weighted by Crippen LogP contribution is -2.29. The smallest absolute Gasteiger partial charge is 0.258 e. The second-order valence-corrected chi connectivity index (χ2v) is 3.40. The van der Waals surface area contributed by atoms with Gasteiger partial charge in [0.2, 0.25) is 0 Å². The molecule has 0 unspecified atom stereocenters. The van der Waals surface area contributed by atoms with E-state index in [2.05, 4.69) is 11.2 Å². The van der Waals surface area contributed by atoms with Gasteiger partial charge in [-0.1, -0.05) is 5.92 Å². The molecule has 1 aromatic carbocycles. The summed E-state index contributed by atoms with van der Waals surface area (Å²) in [7, 11) is 1.53. The molecule has 0 aliphatic heterocycles. The average Bonchev–Trinajstić information content (AvgIpc) is 2.42. The topological polar surface area (TPSA) is 67.8 Å². The molecular formula is C13H15NO4. The molecule has 0 saturated carbocycles. The van der Waals surface area contributed by atoms with Crippen LogP contribution in [0.3, 0.4) is 0 Å². The van der Waals surface area contributed by atoms with E-state index in [0.29, 0.717) is 17.1 Å². The Morgan fingerprint density at radius 1 is 1.56 bits per heavy atom. The van der Waals surface area contributed by atoms with Crippen LogP contribution in [0, 0.1) is 12.3 Å². The van der Waals surface area contributed by atoms with Gasteiger partial charge in [0.05, 0.1) is 20.3 Å². The fourth-order valence-electron chi connectivity index (χ4n) is 1.27. The molecule has 1 amide bonds. The lowest BCUT2D eigenvalue weighted by Gasteiger charge is -2.11. The van der Waals surface area contributed by atoms with Crippen LogP contribution in [0.5, 0.6) is 11.5 Å². The zero-order valence-corrected chi connectivity index (χ0v) is 10.1. The van der Waals surface area contributed by atoms with Gasteiger partial charge in [0.25, 0.3) is 5.91 Å². The lowest BCUT2D eigenvalue weighted by molar-refractivity contribution is -0.122. The van der Waals surface area contributed by atoms with Crippen LogP contribution >= 0.6 is 0 Å². The van der Waals surface area contributed by atoms with E-state index < -0.39 is 0 Å². The van der Waals surface area contributed by atoms with Crippen LogP contribution < -0.4 is 14.8 Å². The minimum absolute atomic E-state index is 0.160. The summed E-state index contributed by atoms with van der Waals surface area (Å²) in [6.07, 6.45) is 5.01. The van der Waals surface area contributed by atoms with Gasteiger partial charge in [0.1, 0.15) is 11.5 Å². The molecule has 0 saturated heterocycles. The zero-order chi connectivity index (χ0) is 13.4. The van der Waals surface area contributed by atoms with Gasteiger partial charge in [-0.25, -0.2) is 0 Å². The van der Waals surface area contributed by atoms with Crippen molar-refractivity contribution in [2.24, 2.45) is 0 Å². The lowest BCUT2D eigenvalue weighted by atomic mass is 10.2. The molecule has 18 heavy (non-hydrogen) atoms. The predicted molar refractivity (Wildman–Crippen MR) is 66.3 cm³/mol. The Morgan fingerprint density at radius 3 is 2.94 bits per heavy atom. The SMILES string of the molecule is C#CCNC(=O)COc1cc(OC)ccc1CO. The highest BCUT2D eigenvalue weighted by molar-refractivity contribution is 5.77. The summed E-state index contributed by atoms with van der Waals surface area (Å²) in [5.41, 5.74) is 0.584. The van der Waals surface area contributed by atoms with Crippen LogP contribution in [0.1, 0.15) is 5.56 Å². The van der Waals surface area contributed by atoms with Gasteiger partial charge in [-0.2, -0.15) is 0 Å². The number of ether oxygens (including phenoxy) is 2. The van der Waals surface area contributed by atoms with Crippen LogP contribution in [0.15, 0.2) is 18.2 Å². The van der Waals surface area contributed by atoms with E-state index in [-0.39, 0.29) is 25.7 Å². The van der Waals surface area contributed by atoms with E-state index in [1.54, 1.807) is 18.2 Å². The third kappa shape index (κ3) is 4.00. The first-order chi connectivity index (χ1) is 8.71. The number of aliphatic hydroxyl groups excluding tert-OH is 1. The summed E-state index contributed by atoms with van der Waals surface area (Å²) >= 11 is 0. The number of carbonyl (C=O) groups excluding carboxylic acids is 1. The van der Waals surface area contributed by atoms with Crippen LogP contribution in [0.4, 0.5) is 0 Å². The summed E-state index contributed by atoms with van der Waals surface area (Å²) in [5.74, 6) is 2.97. The Balaban J connectivity index is 2.65. The Labute approximate surface area is 106 Å². The maximum Gasteiger partial charge on any atom is 0.258 e. The second-order valence-electron chi connectivity index (χ2n) is 3.40. The van der Waals surface area contributed by atoms with Crippen molar-refractivity contribution in [1.29, 1.82) is 0 Å². The molecule has 2 N–H and O–H groups in total. The molecular weight excluding hydrogens is 234 g/mol. The Morgan fingerprint density at radius 2 is 2.33 bits per heavy atom. The van der Waals surface area contributed by atoms with E-state index in [4.69, 9.17) is 21.0 Å². The first-order valence-electron chi connectivity index (χ1n) is 5.32. The number of amides is 1. The Kier molecular flexibility index (Phi) is 5.55. The molecule has 5 heteroatoms. The van der Waals surface area contributed by atoms with E-state index in [1.807, 2.05) is 0 Å². The number of hydrogen-bond acceptors (Lipinski definition) is 4. The van der Waals surface area contributed by atoms with Gasteiger partial charge in [0.15, 0.2) is 6.61 Å². The van der Waals surface area contributed by atoms with Crippen LogP contribution in [0.25, 0.3) is 0 Å². The fraction of sp³-hybridized carbons (Fsp3) is 0.308. The van der Waals surface area contributed by atoms with E-state index in [0.717, 1.165) is 0 Å². The monoisotopic (exact) mass is 249 g/mol. The second kappa shape index (κ2) is 7.20. The molecule has 0 heterocycles. The summed E-state index contributed by atoms with van der Waals surface area (Å²) < 4.78 is 10.3. The van der Waals surface area contributed by atoms with Crippen molar-refractivity contribution >= 4 is 5.91 Å². The zero-order valence-electron chi connectivity index (χ0n) is 10.1. The molecule has 1 aromatic rings. The molecule has 96 valence electrons. The van der Waals surface area contributed by atoms with Gasteiger partial charge in [-0.3, -0.25) is 4.79 Å². The highest BCUT2D eigenvalue weighted by Crippen LogP contribution is 2.24. The van der Waals surface area contributed by atoms with Gasteiger partial charge in [-0.15, -0.1) is 6.42 Å². The molecule has 0 fully saturated rings. The molecule has 1 rings (SSSR count). The highest BCUT2D eigenvalue weighted by atomic mass is 16.5. The summed E-state index contributed by atoms with van der Waals surface area (Å²) in [6.45, 7) is -0.180. The summed E-state index contributed by atoms with van der Waals surface area (Å²) in [4.78, 5) is 11.3. The Bertz CT molecular complexity index is 451. The van der Waals surface area contributed by atoms with Crippen LogP contribution in [-0.4, -0.2) is 31.3 Å². The van der Waals surface area contributed by atoms with Crippen molar-refractivity contribution in [3.63, 3.8) is 0 Å². The maximum absolute atomic E-state index is 11.3. The van der Waals surface area contributed by atoms with Gasteiger partial charge in [0, 0.05) is 11.6 Å². The molecule has 0 bridgehead atoms. The third-order valence-corrected chi connectivity index (χ3v) is 2.19. The van der Waals surface area contributed by atoms with Crippen molar-refractivity contribution in [3.8, 4) is 23.8 Å². The van der Waals surface area contributed by atoms with Crippen molar-refractivity contribution in [2.45, 2.75) is 6.61 Å². The normalized spacial score (nSPS) is 9.39. The van der Waals surface area contributed by atoms with E-state index in [9.17, 15) is 4.79 Å². The van der Waals surface area contributed by atoms with Gasteiger partial charge >= 0.3 is 0 Å². The Hall–Kier alpha value is -2.19. The summed E-state index contributed by atoms with van der Waals surface area (Å²) in [6, 6.07) is 4.99. The maximum atomic E-state index is 11.3. The molecule has 0 radical (unpaired) electrons. The van der Waals surface area contributed by atoms with E-state index >= 15 is 0 Å². The molecule has 0 aliphatic rings. The number of terminal acetylenes is 1. The molecule has 0 atom stereocenters.